The maximum absolute atomic E-state index is 9.56. The van der Waals surface area contributed by atoms with Gasteiger partial charge in [-0.05, 0) is 51.7 Å². The molecule has 5 nitrogen and oxygen atoms in total. The van der Waals surface area contributed by atoms with Gasteiger partial charge in [-0.3, -0.25) is 4.98 Å². The highest BCUT2D eigenvalue weighted by Crippen LogP contribution is 2.18. The lowest BCUT2D eigenvalue weighted by molar-refractivity contribution is 0.120. The van der Waals surface area contributed by atoms with Crippen LogP contribution >= 0.6 is 0 Å². The van der Waals surface area contributed by atoms with Crippen molar-refractivity contribution < 1.29 is 5.11 Å². The molecule has 0 aromatic carbocycles. The van der Waals surface area contributed by atoms with E-state index in [4.69, 9.17) is 0 Å². The van der Waals surface area contributed by atoms with Gasteiger partial charge in [0.1, 0.15) is 0 Å². The van der Waals surface area contributed by atoms with Gasteiger partial charge in [0.2, 0.25) is 0 Å². The fourth-order valence-electron chi connectivity index (χ4n) is 2.58. The third-order valence-corrected chi connectivity index (χ3v) is 3.73. The van der Waals surface area contributed by atoms with Gasteiger partial charge in [0.25, 0.3) is 0 Å². The summed E-state index contributed by atoms with van der Waals surface area (Å²) in [5.74, 6) is 0.835. The molecule has 116 valence electrons. The first-order valence-electron chi connectivity index (χ1n) is 7.83. The van der Waals surface area contributed by atoms with E-state index in [0.717, 1.165) is 49.6 Å². The first-order chi connectivity index (χ1) is 10.2. The van der Waals surface area contributed by atoms with Crippen LogP contribution in [0.4, 0.5) is 0 Å². The van der Waals surface area contributed by atoms with E-state index >= 15 is 0 Å². The second-order valence-corrected chi connectivity index (χ2v) is 5.62. The smallest absolute Gasteiger partial charge is 0.191 e. The van der Waals surface area contributed by atoms with Crippen LogP contribution < -0.4 is 10.6 Å². The van der Waals surface area contributed by atoms with Crippen molar-refractivity contribution in [3.05, 3.63) is 29.6 Å². The number of aliphatic hydroxyl groups is 1. The lowest BCUT2D eigenvalue weighted by atomic mass is 9.93. The minimum atomic E-state index is -0.126. The van der Waals surface area contributed by atoms with Crippen molar-refractivity contribution in [1.29, 1.82) is 0 Å². The fraction of sp³-hybridized carbons (Fsp3) is 0.625. The van der Waals surface area contributed by atoms with Crippen LogP contribution in [0.3, 0.4) is 0 Å². The second kappa shape index (κ2) is 7.98. The maximum atomic E-state index is 9.56. The molecule has 0 amide bonds. The van der Waals surface area contributed by atoms with Crippen LogP contribution in [0.5, 0.6) is 0 Å². The number of hydrogen-bond acceptors (Lipinski definition) is 3. The Hall–Kier alpha value is -1.62. The summed E-state index contributed by atoms with van der Waals surface area (Å²) >= 11 is 0. The van der Waals surface area contributed by atoms with Gasteiger partial charge < -0.3 is 15.7 Å². The molecular weight excluding hydrogens is 264 g/mol. The molecule has 1 aliphatic rings. The van der Waals surface area contributed by atoms with Crippen molar-refractivity contribution in [2.75, 3.05) is 6.54 Å². The summed E-state index contributed by atoms with van der Waals surface area (Å²) in [5.41, 5.74) is 1.99. The van der Waals surface area contributed by atoms with Crippen molar-refractivity contribution in [1.82, 2.24) is 15.6 Å². The number of aromatic nitrogens is 1. The van der Waals surface area contributed by atoms with E-state index in [9.17, 15) is 5.11 Å². The highest BCUT2D eigenvalue weighted by atomic mass is 16.3. The number of aliphatic imine (C=N–C) groups is 1. The quantitative estimate of drug-likeness (QED) is 0.584. The molecule has 0 unspecified atom stereocenters. The summed E-state index contributed by atoms with van der Waals surface area (Å²) in [6, 6.07) is 6.40. The Morgan fingerprint density at radius 3 is 2.76 bits per heavy atom. The zero-order valence-electron chi connectivity index (χ0n) is 13.0. The van der Waals surface area contributed by atoms with Crippen molar-refractivity contribution in [2.24, 2.45) is 4.99 Å². The summed E-state index contributed by atoms with van der Waals surface area (Å²) in [5, 5.41) is 16.3. The number of rotatable bonds is 4. The monoisotopic (exact) mass is 290 g/mol. The van der Waals surface area contributed by atoms with E-state index in [1.165, 1.54) is 0 Å². The summed E-state index contributed by atoms with van der Waals surface area (Å²) in [4.78, 5) is 9.07. The lowest BCUT2D eigenvalue weighted by Crippen LogP contribution is -2.45. The normalized spacial score (nSPS) is 22.9. The molecular formula is C16H26N4O. The Kier molecular flexibility index (Phi) is 5.99. The van der Waals surface area contributed by atoms with Crippen molar-refractivity contribution in [3.8, 4) is 0 Å². The Morgan fingerprint density at radius 2 is 2.10 bits per heavy atom. The highest BCUT2D eigenvalue weighted by molar-refractivity contribution is 5.80. The van der Waals surface area contributed by atoms with Gasteiger partial charge in [-0.15, -0.1) is 0 Å². The van der Waals surface area contributed by atoms with E-state index in [0.29, 0.717) is 12.6 Å². The van der Waals surface area contributed by atoms with E-state index in [1.54, 1.807) is 0 Å². The Bertz CT molecular complexity index is 467. The van der Waals surface area contributed by atoms with E-state index in [2.05, 4.69) is 27.5 Å². The van der Waals surface area contributed by atoms with Crippen molar-refractivity contribution in [3.63, 3.8) is 0 Å². The Labute approximate surface area is 126 Å². The molecule has 0 radical (unpaired) electrons. The highest BCUT2D eigenvalue weighted by Gasteiger charge is 2.19. The number of hydrogen-bond donors (Lipinski definition) is 3. The number of nitrogens with zero attached hydrogens (tertiary/aromatic N) is 2. The molecule has 1 saturated carbocycles. The van der Waals surface area contributed by atoms with Gasteiger partial charge in [-0.2, -0.15) is 0 Å². The van der Waals surface area contributed by atoms with Crippen LogP contribution in [0.25, 0.3) is 0 Å². The van der Waals surface area contributed by atoms with Gasteiger partial charge in [-0.1, -0.05) is 6.07 Å². The van der Waals surface area contributed by atoms with E-state index in [1.807, 2.05) is 25.1 Å². The average molecular weight is 290 g/mol. The molecule has 1 fully saturated rings. The third kappa shape index (κ3) is 5.34. The van der Waals surface area contributed by atoms with Crippen LogP contribution in [0.1, 0.15) is 44.0 Å². The number of aryl methyl sites for hydroxylation is 1. The maximum Gasteiger partial charge on any atom is 0.191 e. The standard InChI is InChI=1S/C16H26N4O/c1-3-17-16(20-13-7-9-15(21)10-8-13)18-11-14-6-4-5-12(2)19-14/h4-6,13,15,21H,3,7-11H2,1-2H3,(H2,17,18,20). The van der Waals surface area contributed by atoms with Crippen molar-refractivity contribution >= 4 is 5.96 Å². The van der Waals surface area contributed by atoms with Crippen LogP contribution in [-0.4, -0.2) is 34.7 Å². The average Bonchev–Trinajstić information content (AvgIpc) is 2.47. The summed E-state index contributed by atoms with van der Waals surface area (Å²) < 4.78 is 0. The molecule has 5 heteroatoms. The largest absolute Gasteiger partial charge is 0.393 e. The number of nitrogens with one attached hydrogen (secondary N) is 2. The zero-order chi connectivity index (χ0) is 15.1. The van der Waals surface area contributed by atoms with Crippen LogP contribution in [0.15, 0.2) is 23.2 Å². The van der Waals surface area contributed by atoms with E-state index < -0.39 is 0 Å². The topological polar surface area (TPSA) is 69.5 Å². The molecule has 0 saturated heterocycles. The second-order valence-electron chi connectivity index (χ2n) is 5.62. The fourth-order valence-corrected chi connectivity index (χ4v) is 2.58. The zero-order valence-corrected chi connectivity index (χ0v) is 13.0. The first kappa shape index (κ1) is 15.8. The van der Waals surface area contributed by atoms with Gasteiger partial charge in [0.15, 0.2) is 5.96 Å². The molecule has 0 spiro atoms. The number of pyridine rings is 1. The molecule has 1 heterocycles. The first-order valence-corrected chi connectivity index (χ1v) is 7.83. The molecule has 3 N–H and O–H groups in total. The van der Waals surface area contributed by atoms with Crippen molar-refractivity contribution in [2.45, 2.75) is 58.2 Å². The Balaban J connectivity index is 1.92. The molecule has 2 rings (SSSR count). The molecule has 1 aromatic rings. The summed E-state index contributed by atoms with van der Waals surface area (Å²) in [6.45, 7) is 5.46. The Morgan fingerprint density at radius 1 is 1.33 bits per heavy atom. The molecule has 0 bridgehead atoms. The molecule has 0 aliphatic heterocycles. The molecule has 0 atom stereocenters. The van der Waals surface area contributed by atoms with Gasteiger partial charge in [0, 0.05) is 18.3 Å². The minimum absolute atomic E-state index is 0.126. The predicted molar refractivity (Wildman–Crippen MR) is 85.2 cm³/mol. The van der Waals surface area contributed by atoms with Gasteiger partial charge in [-0.25, -0.2) is 4.99 Å². The van der Waals surface area contributed by atoms with Crippen LogP contribution in [-0.2, 0) is 6.54 Å². The van der Waals surface area contributed by atoms with Crippen LogP contribution in [0, 0.1) is 6.92 Å². The van der Waals surface area contributed by atoms with E-state index in [-0.39, 0.29) is 6.10 Å². The summed E-state index contributed by atoms with van der Waals surface area (Å²) in [7, 11) is 0. The van der Waals surface area contributed by atoms with Crippen LogP contribution in [0.2, 0.25) is 0 Å². The minimum Gasteiger partial charge on any atom is -0.393 e. The predicted octanol–water partition coefficient (Wildman–Crippen LogP) is 1.75. The van der Waals surface area contributed by atoms with Gasteiger partial charge in [0.05, 0.1) is 18.3 Å². The summed E-state index contributed by atoms with van der Waals surface area (Å²) in [6.07, 6.45) is 3.61. The lowest BCUT2D eigenvalue weighted by Gasteiger charge is -2.27. The third-order valence-electron chi connectivity index (χ3n) is 3.73. The SMILES string of the molecule is CCNC(=NCc1cccc(C)n1)NC1CCC(O)CC1. The number of aliphatic hydroxyl groups excluding tert-OH is 1. The molecule has 1 aliphatic carbocycles. The molecule has 1 aromatic heterocycles. The number of guanidine groups is 1. The van der Waals surface area contributed by atoms with Gasteiger partial charge >= 0.3 is 0 Å². The molecule has 21 heavy (non-hydrogen) atoms.